The molecular weight excluding hydrogens is 258 g/mol. The van der Waals surface area contributed by atoms with Crippen LogP contribution in [0.2, 0.25) is 0 Å². The van der Waals surface area contributed by atoms with Crippen molar-refractivity contribution in [2.24, 2.45) is 0 Å². The summed E-state index contributed by atoms with van der Waals surface area (Å²) in [5.41, 5.74) is -0.239. The summed E-state index contributed by atoms with van der Waals surface area (Å²) < 4.78 is 25.8. The average Bonchev–Trinajstić information content (AvgIpc) is 2.20. The van der Waals surface area contributed by atoms with Crippen LogP contribution < -0.4 is 0 Å². The summed E-state index contributed by atoms with van der Waals surface area (Å²) in [5.74, 6) is -2.16. The highest BCUT2D eigenvalue weighted by Gasteiger charge is 2.21. The van der Waals surface area contributed by atoms with E-state index >= 15 is 0 Å². The van der Waals surface area contributed by atoms with E-state index in [1.54, 1.807) is 0 Å². The maximum Gasteiger partial charge on any atom is 0.164 e. The number of aliphatic hydroxyl groups excluding tert-OH is 2. The Balaban J connectivity index is 3.01. The van der Waals surface area contributed by atoms with Crippen LogP contribution in [0, 0.1) is 11.6 Å². The van der Waals surface area contributed by atoms with Crippen LogP contribution in [-0.2, 0) is 0 Å². The number of hydrogen-bond donors (Lipinski definition) is 2. The van der Waals surface area contributed by atoms with Gasteiger partial charge in [0.15, 0.2) is 11.6 Å². The fourth-order valence-corrected chi connectivity index (χ4v) is 1.39. The third-order valence-corrected chi connectivity index (χ3v) is 2.49. The molecule has 0 amide bonds. The van der Waals surface area contributed by atoms with Gasteiger partial charge in [-0.1, -0.05) is 28.1 Å². The van der Waals surface area contributed by atoms with Gasteiger partial charge in [0.2, 0.25) is 0 Å². The van der Waals surface area contributed by atoms with Gasteiger partial charge in [-0.3, -0.25) is 0 Å². The fourth-order valence-electron chi connectivity index (χ4n) is 1.04. The predicted octanol–water partition coefficient (Wildman–Crippen LogP) is 1.75. The predicted molar refractivity (Wildman–Crippen MR) is 51.1 cm³/mol. The summed E-state index contributed by atoms with van der Waals surface area (Å²) in [5, 5.41) is 18.7. The maximum absolute atomic E-state index is 13.1. The second-order valence-electron chi connectivity index (χ2n) is 2.81. The van der Waals surface area contributed by atoms with E-state index in [9.17, 15) is 19.0 Å². The van der Waals surface area contributed by atoms with Crippen LogP contribution in [0.4, 0.5) is 8.78 Å². The first-order valence-electron chi connectivity index (χ1n) is 3.94. The van der Waals surface area contributed by atoms with E-state index in [1.807, 2.05) is 0 Å². The second kappa shape index (κ2) is 4.82. The first-order valence-corrected chi connectivity index (χ1v) is 5.06. The number of hydrogen-bond acceptors (Lipinski definition) is 2. The van der Waals surface area contributed by atoms with Crippen molar-refractivity contribution in [2.45, 2.75) is 12.2 Å². The first kappa shape index (κ1) is 11.6. The SMILES string of the molecule is OC(CBr)C(O)c1cccc(F)c1F. The Kier molecular flexibility index (Phi) is 3.97. The zero-order valence-electron chi connectivity index (χ0n) is 7.12. The third-order valence-electron chi connectivity index (χ3n) is 1.82. The minimum absolute atomic E-state index is 0.0874. The van der Waals surface area contributed by atoms with Crippen LogP contribution in [0.3, 0.4) is 0 Å². The van der Waals surface area contributed by atoms with Crippen LogP contribution in [-0.4, -0.2) is 21.6 Å². The molecule has 0 spiro atoms. The number of halogens is 3. The normalized spacial score (nSPS) is 15.2. The van der Waals surface area contributed by atoms with Crippen molar-refractivity contribution in [1.29, 1.82) is 0 Å². The number of rotatable bonds is 3. The van der Waals surface area contributed by atoms with Crippen LogP contribution in [0.15, 0.2) is 18.2 Å². The zero-order valence-corrected chi connectivity index (χ0v) is 8.71. The molecule has 1 rings (SSSR count). The molecule has 0 bridgehead atoms. The van der Waals surface area contributed by atoms with Gasteiger partial charge in [0.05, 0.1) is 6.10 Å². The number of aliphatic hydroxyl groups is 2. The summed E-state index contributed by atoms with van der Waals surface area (Å²) in [4.78, 5) is 0. The van der Waals surface area contributed by atoms with Crippen molar-refractivity contribution < 1.29 is 19.0 Å². The van der Waals surface area contributed by atoms with Gasteiger partial charge in [0.25, 0.3) is 0 Å². The summed E-state index contributed by atoms with van der Waals surface area (Å²) in [6.07, 6.45) is -2.59. The fraction of sp³-hybridized carbons (Fsp3) is 0.333. The van der Waals surface area contributed by atoms with Crippen molar-refractivity contribution in [3.8, 4) is 0 Å². The number of benzene rings is 1. The standard InChI is InChI=1S/C9H9BrF2O2/c10-4-7(13)9(14)5-2-1-3-6(11)8(5)12/h1-3,7,9,13-14H,4H2. The Hall–Kier alpha value is -0.520. The lowest BCUT2D eigenvalue weighted by atomic mass is 10.0. The Morgan fingerprint density at radius 1 is 1.29 bits per heavy atom. The molecule has 0 saturated heterocycles. The molecule has 2 N–H and O–H groups in total. The molecule has 1 aromatic rings. The van der Waals surface area contributed by atoms with Gasteiger partial charge in [-0.25, -0.2) is 8.78 Å². The van der Waals surface area contributed by atoms with E-state index in [2.05, 4.69) is 15.9 Å². The maximum atomic E-state index is 13.1. The highest BCUT2D eigenvalue weighted by molar-refractivity contribution is 9.09. The molecular formula is C9H9BrF2O2. The van der Waals surface area contributed by atoms with Gasteiger partial charge in [0.1, 0.15) is 6.10 Å². The van der Waals surface area contributed by atoms with Crippen LogP contribution in [0.25, 0.3) is 0 Å². The molecule has 0 aliphatic carbocycles. The van der Waals surface area contributed by atoms with Gasteiger partial charge in [-0.15, -0.1) is 0 Å². The van der Waals surface area contributed by atoms with E-state index in [1.165, 1.54) is 12.1 Å². The monoisotopic (exact) mass is 266 g/mol. The highest BCUT2D eigenvalue weighted by atomic mass is 79.9. The van der Waals surface area contributed by atoms with E-state index < -0.39 is 23.8 Å². The highest BCUT2D eigenvalue weighted by Crippen LogP contribution is 2.22. The minimum atomic E-state index is -1.43. The molecule has 14 heavy (non-hydrogen) atoms. The van der Waals surface area contributed by atoms with Crippen molar-refractivity contribution >= 4 is 15.9 Å². The molecule has 0 saturated carbocycles. The van der Waals surface area contributed by atoms with Gasteiger partial charge in [-0.05, 0) is 6.07 Å². The van der Waals surface area contributed by atoms with Crippen molar-refractivity contribution in [2.75, 3.05) is 5.33 Å². The van der Waals surface area contributed by atoms with E-state index in [-0.39, 0.29) is 10.9 Å². The Morgan fingerprint density at radius 3 is 2.50 bits per heavy atom. The first-order chi connectivity index (χ1) is 6.57. The van der Waals surface area contributed by atoms with Gasteiger partial charge < -0.3 is 10.2 Å². The lowest BCUT2D eigenvalue weighted by Crippen LogP contribution is -2.20. The van der Waals surface area contributed by atoms with Crippen molar-refractivity contribution in [1.82, 2.24) is 0 Å². The molecule has 0 heterocycles. The molecule has 78 valence electrons. The molecule has 0 aliphatic rings. The Morgan fingerprint density at radius 2 is 1.93 bits per heavy atom. The van der Waals surface area contributed by atoms with E-state index in [0.29, 0.717) is 0 Å². The molecule has 5 heteroatoms. The lowest BCUT2D eigenvalue weighted by Gasteiger charge is -2.16. The van der Waals surface area contributed by atoms with Crippen molar-refractivity contribution in [3.63, 3.8) is 0 Å². The van der Waals surface area contributed by atoms with Crippen LogP contribution >= 0.6 is 15.9 Å². The van der Waals surface area contributed by atoms with Gasteiger partial charge >= 0.3 is 0 Å². The summed E-state index contributed by atoms with van der Waals surface area (Å²) in [6.45, 7) is 0. The molecule has 2 atom stereocenters. The molecule has 0 aromatic heterocycles. The van der Waals surface area contributed by atoms with E-state index in [4.69, 9.17) is 0 Å². The van der Waals surface area contributed by atoms with E-state index in [0.717, 1.165) is 6.07 Å². The van der Waals surface area contributed by atoms with Gasteiger partial charge in [0, 0.05) is 10.9 Å². The quantitative estimate of drug-likeness (QED) is 0.819. The minimum Gasteiger partial charge on any atom is -0.389 e. The molecule has 1 aromatic carbocycles. The molecule has 2 nitrogen and oxygen atoms in total. The smallest absolute Gasteiger partial charge is 0.164 e. The summed E-state index contributed by atoms with van der Waals surface area (Å²) in [6, 6.07) is 3.46. The zero-order chi connectivity index (χ0) is 10.7. The van der Waals surface area contributed by atoms with Gasteiger partial charge in [-0.2, -0.15) is 0 Å². The van der Waals surface area contributed by atoms with Crippen molar-refractivity contribution in [3.05, 3.63) is 35.4 Å². The average molecular weight is 267 g/mol. The summed E-state index contributed by atoms with van der Waals surface area (Å²) in [7, 11) is 0. The second-order valence-corrected chi connectivity index (χ2v) is 3.46. The van der Waals surface area contributed by atoms with Crippen LogP contribution in [0.5, 0.6) is 0 Å². The Bertz CT molecular complexity index is 320. The topological polar surface area (TPSA) is 40.5 Å². The molecule has 2 unspecified atom stereocenters. The number of alkyl halides is 1. The summed E-state index contributed by atoms with van der Waals surface area (Å²) >= 11 is 2.93. The van der Waals surface area contributed by atoms with Crippen LogP contribution in [0.1, 0.15) is 11.7 Å². The largest absolute Gasteiger partial charge is 0.389 e. The Labute approximate surface area is 88.3 Å². The molecule has 0 radical (unpaired) electrons. The third kappa shape index (κ3) is 2.29. The lowest BCUT2D eigenvalue weighted by molar-refractivity contribution is 0.0316. The molecule has 0 aliphatic heterocycles. The molecule has 0 fully saturated rings.